The summed E-state index contributed by atoms with van der Waals surface area (Å²) in [4.78, 5) is 20.9. The van der Waals surface area contributed by atoms with Crippen LogP contribution in [-0.2, 0) is 11.2 Å². The van der Waals surface area contributed by atoms with E-state index in [1.54, 1.807) is 12.4 Å². The number of carbonyl (C=O) groups excluding carboxylic acids is 1. The van der Waals surface area contributed by atoms with E-state index in [2.05, 4.69) is 34.3 Å². The van der Waals surface area contributed by atoms with Gasteiger partial charge >= 0.3 is 0 Å². The van der Waals surface area contributed by atoms with Crippen LogP contribution in [0.2, 0.25) is 0 Å². The molecule has 0 saturated carbocycles. The second-order valence-electron chi connectivity index (χ2n) is 5.88. The van der Waals surface area contributed by atoms with Gasteiger partial charge in [0.2, 0.25) is 5.91 Å². The third kappa shape index (κ3) is 4.73. The number of hydrogen-bond acceptors (Lipinski definition) is 4. The van der Waals surface area contributed by atoms with Gasteiger partial charge < -0.3 is 5.32 Å². The Kier molecular flexibility index (Phi) is 5.90. The van der Waals surface area contributed by atoms with Crippen molar-refractivity contribution in [1.82, 2.24) is 15.3 Å². The number of benzene rings is 1. The molecular formula is C20H21N3OS. The first-order valence-electron chi connectivity index (χ1n) is 8.42. The number of nitrogens with one attached hydrogen (secondary N) is 1. The Labute approximate surface area is 152 Å². The Morgan fingerprint density at radius 2 is 2.04 bits per heavy atom. The summed E-state index contributed by atoms with van der Waals surface area (Å²) >= 11 is 1.54. The zero-order valence-electron chi connectivity index (χ0n) is 14.2. The number of aromatic nitrogens is 2. The quantitative estimate of drug-likeness (QED) is 0.698. The fourth-order valence-corrected chi connectivity index (χ4v) is 3.51. The highest BCUT2D eigenvalue weighted by Crippen LogP contribution is 2.23. The molecule has 0 aliphatic heterocycles. The topological polar surface area (TPSA) is 54.9 Å². The lowest BCUT2D eigenvalue weighted by Gasteiger charge is -2.16. The highest BCUT2D eigenvalue weighted by Gasteiger charge is 2.13. The summed E-state index contributed by atoms with van der Waals surface area (Å²) in [7, 11) is 0. The zero-order chi connectivity index (χ0) is 17.5. The molecule has 1 atom stereocenters. The Hall–Kier alpha value is -2.53. The van der Waals surface area contributed by atoms with Gasteiger partial charge in [-0.15, -0.1) is 11.3 Å². The molecule has 2 heterocycles. The maximum absolute atomic E-state index is 12.3. The average molecular weight is 351 g/mol. The normalized spacial score (nSPS) is 11.9. The van der Waals surface area contributed by atoms with E-state index < -0.39 is 0 Å². The van der Waals surface area contributed by atoms with E-state index in [0.717, 1.165) is 22.7 Å². The van der Waals surface area contributed by atoms with Gasteiger partial charge in [-0.3, -0.25) is 9.78 Å². The van der Waals surface area contributed by atoms with Crippen molar-refractivity contribution in [2.24, 2.45) is 0 Å². The van der Waals surface area contributed by atoms with Crippen LogP contribution >= 0.6 is 11.3 Å². The zero-order valence-corrected chi connectivity index (χ0v) is 15.0. The van der Waals surface area contributed by atoms with Gasteiger partial charge in [-0.1, -0.05) is 37.3 Å². The van der Waals surface area contributed by atoms with Crippen LogP contribution in [0.25, 0.3) is 10.6 Å². The van der Waals surface area contributed by atoms with Gasteiger partial charge in [-0.2, -0.15) is 0 Å². The third-order valence-electron chi connectivity index (χ3n) is 4.11. The number of amides is 1. The maximum atomic E-state index is 12.3. The van der Waals surface area contributed by atoms with Crippen molar-refractivity contribution in [1.29, 1.82) is 0 Å². The number of nitrogens with zero attached hydrogens (tertiary/aromatic N) is 2. The molecule has 3 rings (SSSR count). The van der Waals surface area contributed by atoms with Gasteiger partial charge in [0.05, 0.1) is 12.1 Å². The van der Waals surface area contributed by atoms with Crippen LogP contribution < -0.4 is 5.32 Å². The summed E-state index contributed by atoms with van der Waals surface area (Å²) in [6.45, 7) is 2.80. The van der Waals surface area contributed by atoms with E-state index in [0.29, 0.717) is 18.9 Å². The molecule has 3 aromatic rings. The van der Waals surface area contributed by atoms with Gasteiger partial charge in [0.25, 0.3) is 0 Å². The van der Waals surface area contributed by atoms with Crippen molar-refractivity contribution >= 4 is 17.2 Å². The molecule has 1 amide bonds. The fraction of sp³-hybridized carbons (Fsp3) is 0.250. The Morgan fingerprint density at radius 1 is 1.20 bits per heavy atom. The molecule has 0 saturated heterocycles. The molecule has 1 unspecified atom stereocenters. The van der Waals surface area contributed by atoms with Crippen LogP contribution in [0.4, 0.5) is 0 Å². The van der Waals surface area contributed by atoms with Crippen molar-refractivity contribution in [3.63, 3.8) is 0 Å². The minimum absolute atomic E-state index is 0.0115. The molecule has 0 aliphatic carbocycles. The number of carbonyl (C=O) groups is 1. The summed E-state index contributed by atoms with van der Waals surface area (Å²) in [6.07, 6.45) is 4.82. The van der Waals surface area contributed by atoms with Crippen molar-refractivity contribution in [2.45, 2.75) is 25.7 Å². The molecule has 0 aliphatic rings. The van der Waals surface area contributed by atoms with Crippen LogP contribution in [-0.4, -0.2) is 22.4 Å². The van der Waals surface area contributed by atoms with Crippen LogP contribution in [0.15, 0.2) is 60.2 Å². The molecule has 5 heteroatoms. The maximum Gasteiger partial charge on any atom is 0.226 e. The molecule has 1 N–H and O–H groups in total. The summed E-state index contributed by atoms with van der Waals surface area (Å²) in [5.41, 5.74) is 3.04. The minimum atomic E-state index is 0.0115. The molecular weight excluding hydrogens is 330 g/mol. The lowest BCUT2D eigenvalue weighted by atomic mass is 9.96. The van der Waals surface area contributed by atoms with E-state index in [-0.39, 0.29) is 5.91 Å². The molecule has 0 spiro atoms. The molecule has 25 heavy (non-hydrogen) atoms. The number of hydrogen-bond donors (Lipinski definition) is 1. The number of pyridine rings is 1. The largest absolute Gasteiger partial charge is 0.355 e. The van der Waals surface area contributed by atoms with Crippen LogP contribution in [0, 0.1) is 0 Å². The lowest BCUT2D eigenvalue weighted by molar-refractivity contribution is -0.120. The molecule has 2 aromatic heterocycles. The smallest absolute Gasteiger partial charge is 0.226 e. The summed E-state index contributed by atoms with van der Waals surface area (Å²) in [5, 5.41) is 5.88. The van der Waals surface area contributed by atoms with Crippen molar-refractivity contribution in [3.05, 3.63) is 71.5 Å². The predicted molar refractivity (Wildman–Crippen MR) is 102 cm³/mol. The van der Waals surface area contributed by atoms with Crippen LogP contribution in [0.5, 0.6) is 0 Å². The van der Waals surface area contributed by atoms with E-state index in [1.807, 2.05) is 35.7 Å². The summed E-state index contributed by atoms with van der Waals surface area (Å²) in [6, 6.07) is 14.2. The van der Waals surface area contributed by atoms with Crippen LogP contribution in [0.3, 0.4) is 0 Å². The fourth-order valence-electron chi connectivity index (χ4n) is 2.70. The molecule has 4 nitrogen and oxygen atoms in total. The van der Waals surface area contributed by atoms with E-state index >= 15 is 0 Å². The minimum Gasteiger partial charge on any atom is -0.355 e. The predicted octanol–water partition coefficient (Wildman–Crippen LogP) is 4.06. The SMILES string of the molecule is CCC(CNC(=O)Cc1csc(-c2cccnc2)n1)c1ccccc1. The van der Waals surface area contributed by atoms with Gasteiger partial charge in [0, 0.05) is 35.8 Å². The monoisotopic (exact) mass is 351 g/mol. The number of rotatable bonds is 7. The molecule has 128 valence electrons. The highest BCUT2D eigenvalue weighted by atomic mass is 32.1. The second-order valence-corrected chi connectivity index (χ2v) is 6.74. The van der Waals surface area contributed by atoms with E-state index in [1.165, 1.54) is 16.9 Å². The van der Waals surface area contributed by atoms with Crippen molar-refractivity contribution < 1.29 is 4.79 Å². The average Bonchev–Trinajstić information content (AvgIpc) is 3.12. The van der Waals surface area contributed by atoms with Crippen LogP contribution in [0.1, 0.15) is 30.5 Å². The third-order valence-corrected chi connectivity index (χ3v) is 5.05. The first-order chi connectivity index (χ1) is 12.3. The molecule has 0 bridgehead atoms. The van der Waals surface area contributed by atoms with Crippen molar-refractivity contribution in [3.8, 4) is 10.6 Å². The standard InChI is InChI=1S/C20H21N3OS/c1-2-15(16-7-4-3-5-8-16)13-22-19(24)11-18-14-25-20(23-18)17-9-6-10-21-12-17/h3-10,12,14-15H,2,11,13H2,1H3,(H,22,24). The van der Waals surface area contributed by atoms with Crippen molar-refractivity contribution in [2.75, 3.05) is 6.54 Å². The Morgan fingerprint density at radius 3 is 2.76 bits per heavy atom. The van der Waals surface area contributed by atoms with Gasteiger partial charge in [-0.25, -0.2) is 4.98 Å². The summed E-state index contributed by atoms with van der Waals surface area (Å²) < 4.78 is 0. The van der Waals surface area contributed by atoms with Gasteiger partial charge in [0.1, 0.15) is 5.01 Å². The second kappa shape index (κ2) is 8.53. The first-order valence-corrected chi connectivity index (χ1v) is 9.30. The highest BCUT2D eigenvalue weighted by molar-refractivity contribution is 7.13. The molecule has 0 radical (unpaired) electrons. The lowest BCUT2D eigenvalue weighted by Crippen LogP contribution is -2.29. The van der Waals surface area contributed by atoms with Gasteiger partial charge in [0.15, 0.2) is 0 Å². The number of thiazole rings is 1. The molecule has 1 aromatic carbocycles. The first kappa shape index (κ1) is 17.3. The van der Waals surface area contributed by atoms with E-state index in [9.17, 15) is 4.79 Å². The molecule has 0 fully saturated rings. The van der Waals surface area contributed by atoms with Gasteiger partial charge in [-0.05, 0) is 24.1 Å². The Balaban J connectivity index is 1.55. The summed E-state index contributed by atoms with van der Waals surface area (Å²) in [5.74, 6) is 0.351. The Bertz CT molecular complexity index is 802. The van der Waals surface area contributed by atoms with E-state index in [4.69, 9.17) is 0 Å².